The standard InChI is InChI=1S/C19H20N4O2/c1-25-19(24)23-17(12-20)18(21-13-15-8-4-2-5-9-15)22-14-16-10-6-3-7-11-16/h2-11,21-22H,13-14H2,1H3,(H,23,24). The van der Waals surface area contributed by atoms with Gasteiger partial charge in [-0.3, -0.25) is 5.32 Å². The van der Waals surface area contributed by atoms with Crippen LogP contribution < -0.4 is 16.0 Å². The van der Waals surface area contributed by atoms with Gasteiger partial charge in [-0.1, -0.05) is 60.7 Å². The quantitative estimate of drug-likeness (QED) is 0.677. The largest absolute Gasteiger partial charge is 0.453 e. The minimum absolute atomic E-state index is 0.0683. The van der Waals surface area contributed by atoms with Crippen molar-refractivity contribution in [3.8, 4) is 6.07 Å². The van der Waals surface area contributed by atoms with Crippen LogP contribution in [-0.2, 0) is 17.8 Å². The Kier molecular flexibility index (Phi) is 6.89. The minimum atomic E-state index is -0.697. The molecule has 1 amide bonds. The van der Waals surface area contributed by atoms with Gasteiger partial charge < -0.3 is 15.4 Å². The summed E-state index contributed by atoms with van der Waals surface area (Å²) < 4.78 is 4.57. The molecule has 6 nitrogen and oxygen atoms in total. The third kappa shape index (κ3) is 5.92. The Morgan fingerprint density at radius 2 is 1.44 bits per heavy atom. The summed E-state index contributed by atoms with van der Waals surface area (Å²) in [7, 11) is 1.25. The molecule has 2 rings (SSSR count). The summed E-state index contributed by atoms with van der Waals surface area (Å²) in [6.07, 6.45) is -0.697. The molecule has 0 saturated heterocycles. The number of ether oxygens (including phenoxy) is 1. The summed E-state index contributed by atoms with van der Waals surface area (Å²) in [5, 5.41) is 18.1. The molecule has 128 valence electrons. The van der Waals surface area contributed by atoms with Gasteiger partial charge in [0.2, 0.25) is 0 Å². The normalized spacial score (nSPS) is 9.44. The maximum Gasteiger partial charge on any atom is 0.411 e. The number of benzene rings is 2. The molecule has 0 bridgehead atoms. The molecule has 3 N–H and O–H groups in total. The van der Waals surface area contributed by atoms with Crippen molar-refractivity contribution in [2.75, 3.05) is 7.11 Å². The lowest BCUT2D eigenvalue weighted by molar-refractivity contribution is 0.174. The van der Waals surface area contributed by atoms with Gasteiger partial charge in [-0.05, 0) is 11.1 Å². The van der Waals surface area contributed by atoms with Gasteiger partial charge in [0, 0.05) is 13.1 Å². The second-order valence-corrected chi connectivity index (χ2v) is 5.16. The molecule has 0 aliphatic carbocycles. The summed E-state index contributed by atoms with van der Waals surface area (Å²) >= 11 is 0. The van der Waals surface area contributed by atoms with Crippen molar-refractivity contribution in [2.45, 2.75) is 13.1 Å². The summed E-state index contributed by atoms with van der Waals surface area (Å²) in [6.45, 7) is 1.01. The van der Waals surface area contributed by atoms with Crippen molar-refractivity contribution in [3.05, 3.63) is 83.3 Å². The summed E-state index contributed by atoms with van der Waals surface area (Å²) in [6, 6.07) is 21.5. The molecule has 0 saturated carbocycles. The second kappa shape index (κ2) is 9.63. The summed E-state index contributed by atoms with van der Waals surface area (Å²) in [5.74, 6) is 0.431. The van der Waals surface area contributed by atoms with Gasteiger partial charge in [-0.2, -0.15) is 5.26 Å². The Balaban J connectivity index is 2.14. The maximum absolute atomic E-state index is 11.5. The van der Waals surface area contributed by atoms with Gasteiger partial charge in [0.15, 0.2) is 5.70 Å². The Hall–Kier alpha value is -3.46. The Morgan fingerprint density at radius 1 is 0.960 bits per heavy atom. The highest BCUT2D eigenvalue weighted by Crippen LogP contribution is 2.04. The zero-order valence-corrected chi connectivity index (χ0v) is 14.0. The van der Waals surface area contributed by atoms with Crippen LogP contribution in [-0.4, -0.2) is 13.2 Å². The Morgan fingerprint density at radius 3 is 1.84 bits per heavy atom. The zero-order valence-electron chi connectivity index (χ0n) is 14.0. The van der Waals surface area contributed by atoms with E-state index in [1.54, 1.807) is 0 Å². The third-order valence-electron chi connectivity index (χ3n) is 3.40. The number of nitrogens with one attached hydrogen (secondary N) is 3. The zero-order chi connectivity index (χ0) is 17.9. The van der Waals surface area contributed by atoms with Crippen LogP contribution in [0.15, 0.2) is 72.2 Å². The molecule has 0 radical (unpaired) electrons. The van der Waals surface area contributed by atoms with E-state index in [9.17, 15) is 10.1 Å². The van der Waals surface area contributed by atoms with E-state index in [-0.39, 0.29) is 5.70 Å². The molecule has 0 aliphatic heterocycles. The van der Waals surface area contributed by atoms with Crippen LogP contribution in [0.4, 0.5) is 4.79 Å². The first kappa shape index (κ1) is 17.9. The predicted octanol–water partition coefficient (Wildman–Crippen LogP) is 2.61. The number of hydrogen-bond donors (Lipinski definition) is 3. The van der Waals surface area contributed by atoms with Gasteiger partial charge in [-0.25, -0.2) is 4.79 Å². The molecule has 25 heavy (non-hydrogen) atoms. The predicted molar refractivity (Wildman–Crippen MR) is 94.7 cm³/mol. The Labute approximate surface area is 147 Å². The molecule has 0 fully saturated rings. The highest BCUT2D eigenvalue weighted by molar-refractivity contribution is 5.70. The van der Waals surface area contributed by atoms with Crippen molar-refractivity contribution >= 4 is 6.09 Å². The van der Waals surface area contributed by atoms with E-state index in [1.807, 2.05) is 66.7 Å². The first-order valence-corrected chi connectivity index (χ1v) is 7.78. The number of nitrogens with zero attached hydrogens (tertiary/aromatic N) is 1. The molecular formula is C19H20N4O2. The molecule has 0 spiro atoms. The number of methoxy groups -OCH3 is 1. The van der Waals surface area contributed by atoms with Crippen molar-refractivity contribution in [1.29, 1.82) is 5.26 Å². The molecule has 2 aromatic carbocycles. The average Bonchev–Trinajstić information content (AvgIpc) is 2.68. The fourth-order valence-corrected chi connectivity index (χ4v) is 2.11. The van der Waals surface area contributed by atoms with E-state index in [0.717, 1.165) is 11.1 Å². The molecule has 0 unspecified atom stereocenters. The van der Waals surface area contributed by atoms with Crippen LogP contribution in [0, 0.1) is 11.3 Å². The highest BCUT2D eigenvalue weighted by Gasteiger charge is 2.11. The smallest absolute Gasteiger partial charge is 0.411 e. The van der Waals surface area contributed by atoms with Crippen LogP contribution >= 0.6 is 0 Å². The first-order chi connectivity index (χ1) is 12.2. The monoisotopic (exact) mass is 336 g/mol. The van der Waals surface area contributed by atoms with E-state index in [0.29, 0.717) is 18.9 Å². The number of hydrogen-bond acceptors (Lipinski definition) is 5. The highest BCUT2D eigenvalue weighted by atomic mass is 16.5. The van der Waals surface area contributed by atoms with Crippen LogP contribution in [0.1, 0.15) is 11.1 Å². The average molecular weight is 336 g/mol. The van der Waals surface area contributed by atoms with E-state index in [4.69, 9.17) is 0 Å². The van der Waals surface area contributed by atoms with Crippen molar-refractivity contribution in [1.82, 2.24) is 16.0 Å². The fourth-order valence-electron chi connectivity index (χ4n) is 2.11. The first-order valence-electron chi connectivity index (χ1n) is 7.78. The lowest BCUT2D eigenvalue weighted by Gasteiger charge is -2.16. The van der Waals surface area contributed by atoms with Crippen molar-refractivity contribution in [3.63, 3.8) is 0 Å². The van der Waals surface area contributed by atoms with E-state index in [1.165, 1.54) is 7.11 Å². The Bertz CT molecular complexity index is 706. The number of nitriles is 1. The number of alkyl carbamates (subject to hydrolysis) is 1. The van der Waals surface area contributed by atoms with Gasteiger partial charge in [0.1, 0.15) is 11.9 Å². The number of rotatable bonds is 7. The molecule has 0 aromatic heterocycles. The van der Waals surface area contributed by atoms with E-state index < -0.39 is 6.09 Å². The molecule has 6 heteroatoms. The molecular weight excluding hydrogens is 316 g/mol. The number of carbonyl (C=O) groups excluding carboxylic acids is 1. The molecule has 0 aliphatic rings. The van der Waals surface area contributed by atoms with Gasteiger partial charge in [0.25, 0.3) is 0 Å². The lowest BCUT2D eigenvalue weighted by atomic mass is 10.2. The molecule has 0 atom stereocenters. The molecule has 2 aromatic rings. The van der Waals surface area contributed by atoms with Crippen molar-refractivity contribution in [2.24, 2.45) is 0 Å². The van der Waals surface area contributed by atoms with Crippen LogP contribution in [0.5, 0.6) is 0 Å². The van der Waals surface area contributed by atoms with Gasteiger partial charge in [0.05, 0.1) is 7.11 Å². The van der Waals surface area contributed by atoms with E-state index in [2.05, 4.69) is 20.7 Å². The SMILES string of the molecule is COC(=O)NC(C#N)=C(NCc1ccccc1)NCc1ccccc1. The van der Waals surface area contributed by atoms with Crippen LogP contribution in [0.25, 0.3) is 0 Å². The fraction of sp³-hybridized carbons (Fsp3) is 0.158. The van der Waals surface area contributed by atoms with Gasteiger partial charge >= 0.3 is 6.09 Å². The summed E-state index contributed by atoms with van der Waals surface area (Å²) in [4.78, 5) is 11.5. The van der Waals surface area contributed by atoms with Crippen LogP contribution in [0.2, 0.25) is 0 Å². The third-order valence-corrected chi connectivity index (χ3v) is 3.40. The topological polar surface area (TPSA) is 86.2 Å². The van der Waals surface area contributed by atoms with Crippen LogP contribution in [0.3, 0.4) is 0 Å². The second-order valence-electron chi connectivity index (χ2n) is 5.16. The lowest BCUT2D eigenvalue weighted by Crippen LogP contribution is -2.33. The van der Waals surface area contributed by atoms with Gasteiger partial charge in [-0.15, -0.1) is 0 Å². The van der Waals surface area contributed by atoms with Crippen molar-refractivity contribution < 1.29 is 9.53 Å². The molecule has 0 heterocycles. The minimum Gasteiger partial charge on any atom is -0.453 e. The number of carbonyl (C=O) groups is 1. The van der Waals surface area contributed by atoms with E-state index >= 15 is 0 Å². The summed E-state index contributed by atoms with van der Waals surface area (Å²) in [5.41, 5.74) is 2.17. The number of amides is 1. The maximum atomic E-state index is 11.5. The number of allylic oxidation sites excluding steroid dienone is 1.